The maximum atomic E-state index is 9.12. The van der Waals surface area contributed by atoms with Crippen molar-refractivity contribution in [3.05, 3.63) is 82.9 Å². The summed E-state index contributed by atoms with van der Waals surface area (Å²) in [7, 11) is 0. The van der Waals surface area contributed by atoms with Gasteiger partial charge in [-0.2, -0.15) is 5.26 Å². The van der Waals surface area contributed by atoms with E-state index in [0.717, 1.165) is 33.8 Å². The van der Waals surface area contributed by atoms with Gasteiger partial charge in [-0.1, -0.05) is 30.3 Å². The minimum atomic E-state index is -0.0732. The molecule has 0 saturated carbocycles. The number of rotatable bonds is 2. The number of hydrogen-bond donors (Lipinski definition) is 1. The van der Waals surface area contributed by atoms with Crippen LogP contribution in [0, 0.1) is 18.3 Å². The quantitative estimate of drug-likeness (QED) is 0.775. The van der Waals surface area contributed by atoms with Gasteiger partial charge in [-0.15, -0.1) is 0 Å². The molecule has 2 heterocycles. The number of nitrogens with two attached hydrogens (primary N) is 1. The van der Waals surface area contributed by atoms with Gasteiger partial charge in [-0.25, -0.2) is 9.97 Å². The smallest absolute Gasteiger partial charge is 0.129 e. The van der Waals surface area contributed by atoms with Crippen molar-refractivity contribution in [2.24, 2.45) is 10.7 Å². The molecule has 0 amide bonds. The fourth-order valence-corrected chi connectivity index (χ4v) is 3.24. The van der Waals surface area contributed by atoms with Crippen molar-refractivity contribution in [1.82, 2.24) is 9.97 Å². The summed E-state index contributed by atoms with van der Waals surface area (Å²) in [6.45, 7) is 1.88. The van der Waals surface area contributed by atoms with Crippen LogP contribution in [0.1, 0.15) is 34.3 Å². The van der Waals surface area contributed by atoms with Crippen molar-refractivity contribution in [3.63, 3.8) is 0 Å². The molecule has 26 heavy (non-hydrogen) atoms. The molecule has 5 nitrogen and oxygen atoms in total. The van der Waals surface area contributed by atoms with Gasteiger partial charge in [0.05, 0.1) is 28.9 Å². The standard InChI is InChI=1S/C21H17N5/c1-13-24-12-18-20(25-13)10-19(26-21(18)23)17-7-3-6-16(9-17)15-5-2-4-14(8-15)11-22/h2-9,12,19H,10H2,1H3,(H2,23,26)/t19-/m0/s1. The van der Waals surface area contributed by atoms with Crippen LogP contribution in [0.3, 0.4) is 0 Å². The Morgan fingerprint density at radius 2 is 1.88 bits per heavy atom. The second-order valence-electron chi connectivity index (χ2n) is 6.33. The molecule has 1 aliphatic heterocycles. The number of benzene rings is 2. The van der Waals surface area contributed by atoms with Crippen LogP contribution in [0.5, 0.6) is 0 Å². The van der Waals surface area contributed by atoms with Gasteiger partial charge < -0.3 is 5.73 Å². The van der Waals surface area contributed by atoms with E-state index in [1.807, 2.05) is 37.3 Å². The molecule has 1 aliphatic rings. The number of aliphatic imine (C=N–C) groups is 1. The highest BCUT2D eigenvalue weighted by atomic mass is 15.0. The molecule has 126 valence electrons. The zero-order valence-corrected chi connectivity index (χ0v) is 14.3. The van der Waals surface area contributed by atoms with Crippen LogP contribution in [-0.4, -0.2) is 15.8 Å². The van der Waals surface area contributed by atoms with Gasteiger partial charge in [0.2, 0.25) is 0 Å². The fourth-order valence-electron chi connectivity index (χ4n) is 3.24. The van der Waals surface area contributed by atoms with E-state index in [0.29, 0.717) is 17.8 Å². The SMILES string of the molecule is Cc1ncc2c(n1)C[C@@H](c1cccc(-c3cccc(C#N)c3)c1)N=C2N. The molecule has 0 aliphatic carbocycles. The zero-order valence-electron chi connectivity index (χ0n) is 14.3. The van der Waals surface area contributed by atoms with E-state index in [-0.39, 0.29) is 6.04 Å². The number of nitriles is 1. The first kappa shape index (κ1) is 16.0. The van der Waals surface area contributed by atoms with Crippen molar-refractivity contribution >= 4 is 5.84 Å². The summed E-state index contributed by atoms with van der Waals surface area (Å²) in [6.07, 6.45) is 2.44. The van der Waals surface area contributed by atoms with Crippen LogP contribution in [0.2, 0.25) is 0 Å². The Labute approximate surface area is 151 Å². The van der Waals surface area contributed by atoms with Crippen molar-refractivity contribution in [2.75, 3.05) is 0 Å². The molecule has 4 rings (SSSR count). The number of aryl methyl sites for hydroxylation is 1. The lowest BCUT2D eigenvalue weighted by molar-refractivity contribution is 0.687. The molecular formula is C21H17N5. The highest BCUT2D eigenvalue weighted by molar-refractivity contribution is 5.99. The summed E-state index contributed by atoms with van der Waals surface area (Å²) >= 11 is 0. The number of fused-ring (bicyclic) bond motifs is 1. The second-order valence-corrected chi connectivity index (χ2v) is 6.33. The van der Waals surface area contributed by atoms with Crippen molar-refractivity contribution in [3.8, 4) is 17.2 Å². The van der Waals surface area contributed by atoms with E-state index in [2.05, 4.69) is 33.2 Å². The maximum absolute atomic E-state index is 9.12. The van der Waals surface area contributed by atoms with E-state index in [4.69, 9.17) is 11.0 Å². The van der Waals surface area contributed by atoms with Gasteiger partial charge in [-0.05, 0) is 41.8 Å². The molecule has 0 saturated heterocycles. The largest absolute Gasteiger partial charge is 0.383 e. The third-order valence-electron chi connectivity index (χ3n) is 4.54. The Morgan fingerprint density at radius 3 is 2.69 bits per heavy atom. The minimum absolute atomic E-state index is 0.0732. The summed E-state index contributed by atoms with van der Waals surface area (Å²) in [5, 5.41) is 9.12. The summed E-state index contributed by atoms with van der Waals surface area (Å²) in [5.41, 5.74) is 11.7. The van der Waals surface area contributed by atoms with Crippen LogP contribution in [0.15, 0.2) is 59.7 Å². The summed E-state index contributed by atoms with van der Waals surface area (Å²) < 4.78 is 0. The Balaban J connectivity index is 1.71. The van der Waals surface area contributed by atoms with E-state index in [1.54, 1.807) is 12.3 Å². The van der Waals surface area contributed by atoms with Crippen molar-refractivity contribution < 1.29 is 0 Å². The predicted octanol–water partition coefficient (Wildman–Crippen LogP) is 3.33. The van der Waals surface area contributed by atoms with E-state index in [9.17, 15) is 0 Å². The van der Waals surface area contributed by atoms with E-state index < -0.39 is 0 Å². The maximum Gasteiger partial charge on any atom is 0.129 e. The second kappa shape index (κ2) is 6.41. The van der Waals surface area contributed by atoms with Crippen LogP contribution in [0.25, 0.3) is 11.1 Å². The van der Waals surface area contributed by atoms with Crippen LogP contribution < -0.4 is 5.73 Å². The van der Waals surface area contributed by atoms with Gasteiger partial charge in [0.1, 0.15) is 11.7 Å². The first-order valence-corrected chi connectivity index (χ1v) is 8.40. The van der Waals surface area contributed by atoms with Crippen LogP contribution in [-0.2, 0) is 6.42 Å². The monoisotopic (exact) mass is 339 g/mol. The van der Waals surface area contributed by atoms with E-state index >= 15 is 0 Å². The molecule has 0 bridgehead atoms. The molecule has 1 aromatic heterocycles. The Kier molecular flexibility index (Phi) is 3.94. The van der Waals surface area contributed by atoms with Gasteiger partial charge in [0.25, 0.3) is 0 Å². The van der Waals surface area contributed by atoms with Gasteiger partial charge >= 0.3 is 0 Å². The molecule has 5 heteroatoms. The van der Waals surface area contributed by atoms with Crippen molar-refractivity contribution in [1.29, 1.82) is 5.26 Å². The summed E-state index contributed by atoms with van der Waals surface area (Å²) in [6, 6.07) is 17.9. The fraction of sp³-hybridized carbons (Fsp3) is 0.143. The average Bonchev–Trinajstić information content (AvgIpc) is 2.67. The van der Waals surface area contributed by atoms with Crippen LogP contribution in [0.4, 0.5) is 0 Å². The molecule has 0 spiro atoms. The highest BCUT2D eigenvalue weighted by Gasteiger charge is 2.22. The summed E-state index contributed by atoms with van der Waals surface area (Å²) in [5.74, 6) is 1.22. The van der Waals surface area contributed by atoms with Gasteiger partial charge in [-0.3, -0.25) is 4.99 Å². The minimum Gasteiger partial charge on any atom is -0.383 e. The molecule has 2 aromatic carbocycles. The molecule has 0 radical (unpaired) electrons. The van der Waals surface area contributed by atoms with Crippen molar-refractivity contribution in [2.45, 2.75) is 19.4 Å². The average molecular weight is 339 g/mol. The zero-order chi connectivity index (χ0) is 18.1. The van der Waals surface area contributed by atoms with Crippen LogP contribution >= 0.6 is 0 Å². The third-order valence-corrected chi connectivity index (χ3v) is 4.54. The topological polar surface area (TPSA) is 88.0 Å². The lowest BCUT2D eigenvalue weighted by atomic mass is 9.94. The number of aromatic nitrogens is 2. The number of amidine groups is 1. The third kappa shape index (κ3) is 2.93. The Morgan fingerprint density at radius 1 is 1.12 bits per heavy atom. The summed E-state index contributed by atoms with van der Waals surface area (Å²) in [4.78, 5) is 13.4. The molecule has 2 N–H and O–H groups in total. The first-order chi connectivity index (χ1) is 12.6. The first-order valence-electron chi connectivity index (χ1n) is 8.40. The highest BCUT2D eigenvalue weighted by Crippen LogP contribution is 2.30. The molecule has 3 aromatic rings. The van der Waals surface area contributed by atoms with E-state index in [1.165, 1.54) is 0 Å². The lowest BCUT2D eigenvalue weighted by Crippen LogP contribution is -2.24. The normalized spacial score (nSPS) is 15.7. The molecule has 1 atom stereocenters. The number of hydrogen-bond acceptors (Lipinski definition) is 5. The predicted molar refractivity (Wildman–Crippen MR) is 101 cm³/mol. The van der Waals surface area contributed by atoms with Gasteiger partial charge in [0, 0.05) is 12.6 Å². The van der Waals surface area contributed by atoms with Gasteiger partial charge in [0.15, 0.2) is 0 Å². The lowest BCUT2D eigenvalue weighted by Gasteiger charge is -2.21. The Bertz CT molecular complexity index is 1060. The molecular weight excluding hydrogens is 322 g/mol. The Hall–Kier alpha value is -3.52. The number of nitrogens with zero attached hydrogens (tertiary/aromatic N) is 4. The molecule has 0 fully saturated rings. The molecule has 0 unspecified atom stereocenters.